The van der Waals surface area contributed by atoms with Crippen molar-refractivity contribution in [2.45, 2.75) is 51.2 Å². The highest BCUT2D eigenvalue weighted by molar-refractivity contribution is 6.32. The van der Waals surface area contributed by atoms with E-state index in [1.807, 2.05) is 32.0 Å². The number of aliphatic hydroxyl groups is 1. The summed E-state index contributed by atoms with van der Waals surface area (Å²) in [7, 11) is 0. The zero-order valence-corrected chi connectivity index (χ0v) is 11.1. The Balaban J connectivity index is 1.98. The molecule has 2 nitrogen and oxygen atoms in total. The van der Waals surface area contributed by atoms with Crippen LogP contribution in [0.4, 0.5) is 0 Å². The third-order valence-corrected chi connectivity index (χ3v) is 3.69. The zero-order valence-electron chi connectivity index (χ0n) is 10.4. The van der Waals surface area contributed by atoms with Gasteiger partial charge in [0.15, 0.2) is 0 Å². The Morgan fingerprint density at radius 3 is 2.59 bits per heavy atom. The van der Waals surface area contributed by atoms with Crippen molar-refractivity contribution in [2.75, 3.05) is 0 Å². The second-order valence-corrected chi connectivity index (χ2v) is 5.66. The molecular weight excluding hydrogens is 236 g/mol. The predicted octanol–water partition coefficient (Wildman–Crippen LogP) is 3.72. The van der Waals surface area contributed by atoms with Gasteiger partial charge in [0.25, 0.3) is 0 Å². The highest BCUT2D eigenvalue weighted by Crippen LogP contribution is 2.33. The maximum absolute atomic E-state index is 9.87. The number of benzene rings is 1. The van der Waals surface area contributed by atoms with Crippen LogP contribution in [-0.2, 0) is 0 Å². The summed E-state index contributed by atoms with van der Waals surface area (Å²) in [6.07, 6.45) is 3.53. The molecular formula is C14H19ClO2. The zero-order chi connectivity index (χ0) is 12.5. The Morgan fingerprint density at radius 2 is 2.00 bits per heavy atom. The number of hydrogen-bond acceptors (Lipinski definition) is 2. The largest absolute Gasteiger partial charge is 0.489 e. The summed E-state index contributed by atoms with van der Waals surface area (Å²) >= 11 is 6.13. The molecule has 1 fully saturated rings. The summed E-state index contributed by atoms with van der Waals surface area (Å²) in [6.45, 7) is 3.90. The van der Waals surface area contributed by atoms with Crippen molar-refractivity contribution >= 4 is 11.6 Å². The van der Waals surface area contributed by atoms with Crippen molar-refractivity contribution in [3.63, 3.8) is 0 Å². The molecule has 1 aliphatic rings. The maximum atomic E-state index is 9.87. The van der Waals surface area contributed by atoms with Crippen LogP contribution in [-0.4, -0.2) is 16.8 Å². The van der Waals surface area contributed by atoms with Gasteiger partial charge in [-0.3, -0.25) is 0 Å². The minimum absolute atomic E-state index is 0.176. The molecule has 0 heterocycles. The monoisotopic (exact) mass is 254 g/mol. The second-order valence-electron chi connectivity index (χ2n) is 5.25. The highest BCUT2D eigenvalue weighted by atomic mass is 35.5. The van der Waals surface area contributed by atoms with Crippen molar-refractivity contribution < 1.29 is 9.84 Å². The van der Waals surface area contributed by atoms with Crippen molar-refractivity contribution in [3.8, 4) is 5.75 Å². The molecule has 1 N–H and O–H groups in total. The van der Waals surface area contributed by atoms with Gasteiger partial charge in [-0.2, -0.15) is 0 Å². The minimum atomic E-state index is -0.517. The first-order valence-electron chi connectivity index (χ1n) is 6.11. The van der Waals surface area contributed by atoms with E-state index in [-0.39, 0.29) is 6.10 Å². The van der Waals surface area contributed by atoms with Crippen LogP contribution in [0.3, 0.4) is 0 Å². The molecule has 1 aliphatic carbocycles. The van der Waals surface area contributed by atoms with Gasteiger partial charge in [-0.05, 0) is 57.2 Å². The molecule has 2 rings (SSSR count). The van der Waals surface area contributed by atoms with Gasteiger partial charge < -0.3 is 9.84 Å². The lowest BCUT2D eigenvalue weighted by atomic mass is 9.85. The summed E-state index contributed by atoms with van der Waals surface area (Å²) in [5, 5.41) is 10.5. The fraction of sp³-hybridized carbons (Fsp3) is 0.571. The Morgan fingerprint density at radius 1 is 1.35 bits per heavy atom. The van der Waals surface area contributed by atoms with Crippen LogP contribution in [0.2, 0.25) is 5.02 Å². The molecule has 0 amide bonds. The van der Waals surface area contributed by atoms with E-state index in [0.717, 1.165) is 37.0 Å². The fourth-order valence-electron chi connectivity index (χ4n) is 2.21. The third-order valence-electron chi connectivity index (χ3n) is 3.39. The van der Waals surface area contributed by atoms with Gasteiger partial charge in [-0.25, -0.2) is 0 Å². The fourth-order valence-corrected chi connectivity index (χ4v) is 2.49. The summed E-state index contributed by atoms with van der Waals surface area (Å²) in [5.41, 5.74) is 0.616. The first-order valence-corrected chi connectivity index (χ1v) is 6.49. The summed E-state index contributed by atoms with van der Waals surface area (Å²) in [4.78, 5) is 0. The standard InChI is InChI=1S/C14H19ClO2/c1-10-3-4-13(12(15)9-10)17-11-5-7-14(2,16)8-6-11/h3-4,9,11,16H,5-8H2,1-2H3/t11-,14-. The van der Waals surface area contributed by atoms with Crippen molar-refractivity contribution in [1.29, 1.82) is 0 Å². The van der Waals surface area contributed by atoms with E-state index in [9.17, 15) is 5.11 Å². The maximum Gasteiger partial charge on any atom is 0.138 e. The van der Waals surface area contributed by atoms with Crippen LogP contribution in [0.1, 0.15) is 38.2 Å². The van der Waals surface area contributed by atoms with E-state index < -0.39 is 5.60 Å². The summed E-state index contributed by atoms with van der Waals surface area (Å²) < 4.78 is 5.89. The Labute approximate surface area is 108 Å². The van der Waals surface area contributed by atoms with E-state index in [4.69, 9.17) is 16.3 Å². The molecule has 0 bridgehead atoms. The smallest absolute Gasteiger partial charge is 0.138 e. The number of ether oxygens (including phenoxy) is 1. The van der Waals surface area contributed by atoms with Crippen molar-refractivity contribution in [1.82, 2.24) is 0 Å². The number of rotatable bonds is 2. The first-order chi connectivity index (χ1) is 7.96. The third kappa shape index (κ3) is 3.36. The van der Waals surface area contributed by atoms with E-state index in [1.165, 1.54) is 0 Å². The van der Waals surface area contributed by atoms with E-state index >= 15 is 0 Å². The highest BCUT2D eigenvalue weighted by Gasteiger charge is 2.29. The molecule has 0 unspecified atom stereocenters. The molecule has 0 saturated heterocycles. The van der Waals surface area contributed by atoms with Gasteiger partial charge in [0.1, 0.15) is 5.75 Å². The van der Waals surface area contributed by atoms with E-state index in [1.54, 1.807) is 0 Å². The van der Waals surface area contributed by atoms with E-state index in [0.29, 0.717) is 5.02 Å². The van der Waals surface area contributed by atoms with Crippen LogP contribution in [0.15, 0.2) is 18.2 Å². The summed E-state index contributed by atoms with van der Waals surface area (Å²) in [5.74, 6) is 0.754. The normalized spacial score (nSPS) is 29.1. The molecule has 0 atom stereocenters. The molecule has 17 heavy (non-hydrogen) atoms. The molecule has 1 aromatic carbocycles. The molecule has 3 heteroatoms. The molecule has 1 aromatic rings. The minimum Gasteiger partial charge on any atom is -0.489 e. The van der Waals surface area contributed by atoms with Gasteiger partial charge in [0.05, 0.1) is 16.7 Å². The van der Waals surface area contributed by atoms with Crippen LogP contribution < -0.4 is 4.74 Å². The second kappa shape index (κ2) is 4.87. The van der Waals surface area contributed by atoms with Crippen LogP contribution >= 0.6 is 11.6 Å². The number of hydrogen-bond donors (Lipinski definition) is 1. The predicted molar refractivity (Wildman–Crippen MR) is 69.7 cm³/mol. The van der Waals surface area contributed by atoms with Gasteiger partial charge in [-0.15, -0.1) is 0 Å². The molecule has 1 saturated carbocycles. The average Bonchev–Trinajstić information content (AvgIpc) is 2.25. The van der Waals surface area contributed by atoms with Crippen molar-refractivity contribution in [2.24, 2.45) is 0 Å². The quantitative estimate of drug-likeness (QED) is 0.872. The Bertz CT molecular complexity index is 391. The Hall–Kier alpha value is -0.730. The number of aryl methyl sites for hydroxylation is 1. The van der Waals surface area contributed by atoms with Gasteiger partial charge in [0, 0.05) is 0 Å². The lowest BCUT2D eigenvalue weighted by Crippen LogP contribution is -2.34. The van der Waals surface area contributed by atoms with Gasteiger partial charge in [-0.1, -0.05) is 17.7 Å². The molecule has 0 aromatic heterocycles. The number of halogens is 1. The van der Waals surface area contributed by atoms with Crippen LogP contribution in [0.25, 0.3) is 0 Å². The summed E-state index contributed by atoms with van der Waals surface area (Å²) in [6, 6.07) is 5.83. The first kappa shape index (κ1) is 12.7. The average molecular weight is 255 g/mol. The van der Waals surface area contributed by atoms with Crippen LogP contribution in [0, 0.1) is 6.92 Å². The topological polar surface area (TPSA) is 29.5 Å². The van der Waals surface area contributed by atoms with Gasteiger partial charge >= 0.3 is 0 Å². The van der Waals surface area contributed by atoms with Gasteiger partial charge in [0.2, 0.25) is 0 Å². The lowest BCUT2D eigenvalue weighted by Gasteiger charge is -2.33. The molecule has 0 aliphatic heterocycles. The lowest BCUT2D eigenvalue weighted by molar-refractivity contribution is -0.0108. The SMILES string of the molecule is Cc1ccc(O[C@H]2CC[C@](C)(O)CC2)c(Cl)c1. The Kier molecular flexibility index (Phi) is 3.64. The molecule has 0 spiro atoms. The van der Waals surface area contributed by atoms with Crippen LogP contribution in [0.5, 0.6) is 5.75 Å². The molecule has 94 valence electrons. The van der Waals surface area contributed by atoms with E-state index in [2.05, 4.69) is 0 Å². The van der Waals surface area contributed by atoms with Crippen molar-refractivity contribution in [3.05, 3.63) is 28.8 Å². The molecule has 0 radical (unpaired) electrons.